The van der Waals surface area contributed by atoms with Crippen LogP contribution in [0.3, 0.4) is 0 Å². The molecule has 0 bridgehead atoms. The molecule has 0 fully saturated rings. The highest BCUT2D eigenvalue weighted by Crippen LogP contribution is 2.32. The molecule has 0 aliphatic carbocycles. The number of carboxylic acids is 1. The van der Waals surface area contributed by atoms with Crippen molar-refractivity contribution in [2.45, 2.75) is 44.9 Å². The van der Waals surface area contributed by atoms with Gasteiger partial charge in [-0.1, -0.05) is 66.4 Å². The highest BCUT2D eigenvalue weighted by Gasteiger charge is 2.38. The largest absolute Gasteiger partial charge is 0.497 e. The van der Waals surface area contributed by atoms with Crippen LogP contribution in [0.4, 0.5) is 13.2 Å². The molecule has 0 aliphatic rings. The van der Waals surface area contributed by atoms with Gasteiger partial charge in [0.05, 0.1) is 28.2 Å². The minimum atomic E-state index is -5.08. The van der Waals surface area contributed by atoms with E-state index in [1.165, 1.54) is 0 Å². The summed E-state index contributed by atoms with van der Waals surface area (Å²) in [7, 11) is 1.66. The van der Waals surface area contributed by atoms with E-state index in [1.807, 2.05) is 42.6 Å². The molecule has 5 aromatic rings. The number of hydrogen-bond donors (Lipinski definition) is 2. The molecular weight excluding hydrogens is 632 g/mol. The highest BCUT2D eigenvalue weighted by atomic mass is 35.5. The number of carbonyl (C=O) groups is 1. The predicted octanol–water partition coefficient (Wildman–Crippen LogP) is 7.53. The van der Waals surface area contributed by atoms with Gasteiger partial charge in [0.15, 0.2) is 0 Å². The third-order valence-corrected chi connectivity index (χ3v) is 7.82. The minimum Gasteiger partial charge on any atom is -0.497 e. The standard InChI is InChI=1S/C30H30Cl2N4O2.C2HF3O2/c1-38-21-10-8-9-20(15-21)18-35-19-23(22-11-4-5-12-27(22)35)29-30(37)36(14-7-3-2-6-13-33)28-17-25(32)24(31)16-26(28)34-29;3-2(4,5)1(6)7/h4-5,8-12,15-17,19H,2-3,6-7,13-14,18,33H2,1H3;(H,6,7). The number of nitrogens with two attached hydrogens (primary N) is 1. The third-order valence-electron chi connectivity index (χ3n) is 7.10. The Balaban J connectivity index is 0.000000591. The Labute approximate surface area is 266 Å². The Hall–Kier alpha value is -4.06. The fourth-order valence-electron chi connectivity index (χ4n) is 4.94. The summed E-state index contributed by atoms with van der Waals surface area (Å²) in [4.78, 5) is 27.7. The van der Waals surface area contributed by atoms with E-state index < -0.39 is 12.1 Å². The number of aromatic nitrogens is 3. The fraction of sp³-hybridized carbons (Fsp3) is 0.281. The number of rotatable bonds is 10. The van der Waals surface area contributed by atoms with Crippen LogP contribution in [-0.4, -0.2) is 45.0 Å². The lowest BCUT2D eigenvalue weighted by molar-refractivity contribution is -0.192. The average molecular weight is 664 g/mol. The first kappa shape index (κ1) is 33.8. The molecule has 0 saturated carbocycles. The summed E-state index contributed by atoms with van der Waals surface area (Å²) in [6, 6.07) is 19.5. The summed E-state index contributed by atoms with van der Waals surface area (Å²) >= 11 is 12.7. The van der Waals surface area contributed by atoms with E-state index in [0.29, 0.717) is 46.4 Å². The smallest absolute Gasteiger partial charge is 0.490 e. The minimum absolute atomic E-state index is 0.140. The monoisotopic (exact) mass is 662 g/mol. The number of nitrogens with zero attached hydrogens (tertiary/aromatic N) is 3. The lowest BCUT2D eigenvalue weighted by Crippen LogP contribution is -2.24. The SMILES string of the molecule is COc1cccc(Cn2cc(-c3nc4cc(Cl)c(Cl)cc4n(CCCCCCN)c3=O)c3ccccc32)c1.O=C(O)C(F)(F)F. The van der Waals surface area contributed by atoms with Gasteiger partial charge in [0.25, 0.3) is 5.56 Å². The van der Waals surface area contributed by atoms with Gasteiger partial charge >= 0.3 is 12.1 Å². The molecule has 0 atom stereocenters. The van der Waals surface area contributed by atoms with Gasteiger partial charge in [-0.2, -0.15) is 13.2 Å². The van der Waals surface area contributed by atoms with Crippen LogP contribution in [0.25, 0.3) is 33.2 Å². The molecule has 8 nitrogen and oxygen atoms in total. The van der Waals surface area contributed by atoms with Crippen LogP contribution < -0.4 is 16.0 Å². The Bertz CT molecular complexity index is 1870. The number of carboxylic acid groups (broad SMARTS) is 1. The number of hydrogen-bond acceptors (Lipinski definition) is 5. The van der Waals surface area contributed by atoms with Crippen LogP contribution in [0.5, 0.6) is 5.75 Å². The van der Waals surface area contributed by atoms with Gasteiger partial charge in [-0.25, -0.2) is 9.78 Å². The average Bonchev–Trinajstić information content (AvgIpc) is 3.36. The second kappa shape index (κ2) is 14.8. The second-order valence-electron chi connectivity index (χ2n) is 10.2. The van der Waals surface area contributed by atoms with Gasteiger partial charge in [0.1, 0.15) is 11.4 Å². The van der Waals surface area contributed by atoms with E-state index in [1.54, 1.807) is 23.8 Å². The summed E-state index contributed by atoms with van der Waals surface area (Å²) in [6.45, 7) is 1.87. The summed E-state index contributed by atoms with van der Waals surface area (Å²) in [5.41, 5.74) is 10.1. The van der Waals surface area contributed by atoms with Crippen molar-refractivity contribution >= 4 is 51.1 Å². The lowest BCUT2D eigenvalue weighted by atomic mass is 10.1. The Kier molecular flexibility index (Phi) is 11.1. The molecule has 5 rings (SSSR count). The molecule has 0 amide bonds. The quantitative estimate of drug-likeness (QED) is 0.150. The van der Waals surface area contributed by atoms with Crippen molar-refractivity contribution in [3.63, 3.8) is 0 Å². The molecule has 13 heteroatoms. The van der Waals surface area contributed by atoms with E-state index >= 15 is 0 Å². The van der Waals surface area contributed by atoms with Crippen LogP contribution in [-0.2, 0) is 17.9 Å². The Morgan fingerprint density at radius 1 is 0.978 bits per heavy atom. The van der Waals surface area contributed by atoms with Crippen molar-refractivity contribution in [2.24, 2.45) is 5.73 Å². The number of alkyl halides is 3. The van der Waals surface area contributed by atoms with Gasteiger partial charge < -0.3 is 24.7 Å². The number of unbranched alkanes of at least 4 members (excludes halogenated alkanes) is 3. The first-order valence-electron chi connectivity index (χ1n) is 14.1. The van der Waals surface area contributed by atoms with Gasteiger partial charge in [-0.05, 0) is 55.3 Å². The Morgan fingerprint density at radius 2 is 1.67 bits per heavy atom. The van der Waals surface area contributed by atoms with Crippen molar-refractivity contribution in [1.82, 2.24) is 14.1 Å². The maximum Gasteiger partial charge on any atom is 0.490 e. The number of halogens is 5. The molecule has 45 heavy (non-hydrogen) atoms. The molecule has 0 spiro atoms. The number of fused-ring (bicyclic) bond motifs is 2. The van der Waals surface area contributed by atoms with Gasteiger partial charge in [0.2, 0.25) is 0 Å². The van der Waals surface area contributed by atoms with Crippen LogP contribution >= 0.6 is 23.2 Å². The second-order valence-corrected chi connectivity index (χ2v) is 11.0. The molecule has 238 valence electrons. The molecule has 0 unspecified atom stereocenters. The molecule has 0 saturated heterocycles. The van der Waals surface area contributed by atoms with Gasteiger partial charge in [-0.3, -0.25) is 4.79 Å². The number of aliphatic carboxylic acids is 1. The van der Waals surface area contributed by atoms with Crippen LogP contribution in [0.15, 0.2) is 71.7 Å². The van der Waals surface area contributed by atoms with Crippen molar-refractivity contribution < 1.29 is 27.8 Å². The van der Waals surface area contributed by atoms with Crippen molar-refractivity contribution in [1.29, 1.82) is 0 Å². The molecule has 0 radical (unpaired) electrons. The zero-order valence-electron chi connectivity index (χ0n) is 24.3. The van der Waals surface area contributed by atoms with E-state index in [9.17, 15) is 18.0 Å². The van der Waals surface area contributed by atoms with Crippen molar-refractivity contribution in [3.05, 3.63) is 92.8 Å². The maximum atomic E-state index is 14.0. The number of aryl methyl sites for hydroxylation is 1. The molecule has 2 heterocycles. The van der Waals surface area contributed by atoms with Crippen molar-refractivity contribution in [2.75, 3.05) is 13.7 Å². The first-order valence-corrected chi connectivity index (χ1v) is 14.8. The molecule has 3 N–H and O–H groups in total. The number of benzene rings is 3. The molecule has 3 aromatic carbocycles. The number of para-hydroxylation sites is 1. The van der Waals surface area contributed by atoms with E-state index in [-0.39, 0.29) is 5.56 Å². The van der Waals surface area contributed by atoms with Gasteiger partial charge in [-0.15, -0.1) is 0 Å². The number of ether oxygens (including phenoxy) is 1. The summed E-state index contributed by atoms with van der Waals surface area (Å²) in [5.74, 6) is -1.95. The van der Waals surface area contributed by atoms with Crippen molar-refractivity contribution in [3.8, 4) is 17.0 Å². The van der Waals surface area contributed by atoms with Crippen LogP contribution in [0.1, 0.15) is 31.2 Å². The zero-order valence-corrected chi connectivity index (χ0v) is 25.8. The molecule has 2 aromatic heterocycles. The normalized spacial score (nSPS) is 11.4. The first-order chi connectivity index (χ1) is 21.4. The fourth-order valence-corrected chi connectivity index (χ4v) is 5.25. The topological polar surface area (TPSA) is 112 Å². The van der Waals surface area contributed by atoms with Crippen LogP contribution in [0, 0.1) is 0 Å². The number of methoxy groups -OCH3 is 1. The summed E-state index contributed by atoms with van der Waals surface area (Å²) in [6.07, 6.45) is 0.792. The summed E-state index contributed by atoms with van der Waals surface area (Å²) in [5, 5.41) is 8.90. The Morgan fingerprint density at radius 3 is 2.36 bits per heavy atom. The summed E-state index contributed by atoms with van der Waals surface area (Å²) < 4.78 is 41.1. The third kappa shape index (κ3) is 8.16. The lowest BCUT2D eigenvalue weighted by Gasteiger charge is -2.13. The highest BCUT2D eigenvalue weighted by molar-refractivity contribution is 6.42. The predicted molar refractivity (Wildman–Crippen MR) is 170 cm³/mol. The molecule has 0 aliphatic heterocycles. The van der Waals surface area contributed by atoms with Gasteiger partial charge in [0, 0.05) is 35.8 Å². The molecular formula is C32H31Cl2F3N4O4. The van der Waals surface area contributed by atoms with E-state index in [0.717, 1.165) is 53.5 Å². The van der Waals surface area contributed by atoms with E-state index in [2.05, 4.69) is 16.7 Å². The zero-order chi connectivity index (χ0) is 32.7. The van der Waals surface area contributed by atoms with E-state index in [4.69, 9.17) is 48.6 Å². The van der Waals surface area contributed by atoms with Crippen LogP contribution in [0.2, 0.25) is 10.0 Å². The maximum absolute atomic E-state index is 14.0.